The SMILES string of the molecule is NCCCC(=O)N1CCCC1CCCO. The van der Waals surface area contributed by atoms with E-state index in [-0.39, 0.29) is 12.5 Å². The summed E-state index contributed by atoms with van der Waals surface area (Å²) in [5.74, 6) is 0.237. The zero-order valence-corrected chi connectivity index (χ0v) is 9.32. The molecule has 15 heavy (non-hydrogen) atoms. The third-order valence-electron chi connectivity index (χ3n) is 2.99. The van der Waals surface area contributed by atoms with Crippen LogP contribution in [0.4, 0.5) is 0 Å². The fraction of sp³-hybridized carbons (Fsp3) is 0.909. The number of carbonyl (C=O) groups is 1. The highest BCUT2D eigenvalue weighted by Gasteiger charge is 2.27. The van der Waals surface area contributed by atoms with Crippen LogP contribution in [0.1, 0.15) is 38.5 Å². The first kappa shape index (κ1) is 12.5. The Hall–Kier alpha value is -0.610. The summed E-state index contributed by atoms with van der Waals surface area (Å²) in [7, 11) is 0. The number of hydrogen-bond acceptors (Lipinski definition) is 3. The van der Waals surface area contributed by atoms with Crippen molar-refractivity contribution in [2.75, 3.05) is 19.7 Å². The molecule has 1 fully saturated rings. The summed E-state index contributed by atoms with van der Waals surface area (Å²) in [6.07, 6.45) is 5.28. The van der Waals surface area contributed by atoms with Gasteiger partial charge in [0.2, 0.25) is 5.91 Å². The molecule has 0 spiro atoms. The third kappa shape index (κ3) is 3.80. The predicted molar refractivity (Wildman–Crippen MR) is 59.3 cm³/mol. The molecule has 3 N–H and O–H groups in total. The van der Waals surface area contributed by atoms with Gasteiger partial charge in [-0.2, -0.15) is 0 Å². The van der Waals surface area contributed by atoms with Gasteiger partial charge in [0.15, 0.2) is 0 Å². The summed E-state index contributed by atoms with van der Waals surface area (Å²) in [5.41, 5.74) is 5.39. The van der Waals surface area contributed by atoms with Crippen molar-refractivity contribution in [3.8, 4) is 0 Å². The largest absolute Gasteiger partial charge is 0.396 e. The highest BCUT2D eigenvalue weighted by Crippen LogP contribution is 2.22. The molecule has 0 aromatic carbocycles. The maximum Gasteiger partial charge on any atom is 0.222 e. The Morgan fingerprint density at radius 3 is 2.93 bits per heavy atom. The van der Waals surface area contributed by atoms with E-state index in [0.717, 1.165) is 38.6 Å². The molecule has 0 saturated carbocycles. The molecule has 0 aromatic heterocycles. The van der Waals surface area contributed by atoms with Gasteiger partial charge in [-0.1, -0.05) is 0 Å². The summed E-state index contributed by atoms with van der Waals surface area (Å²) in [6.45, 7) is 1.70. The molecule has 1 saturated heterocycles. The Labute approximate surface area is 91.4 Å². The maximum atomic E-state index is 11.8. The average molecular weight is 214 g/mol. The number of aliphatic hydroxyl groups is 1. The zero-order valence-electron chi connectivity index (χ0n) is 9.32. The summed E-state index contributed by atoms with van der Waals surface area (Å²) in [6, 6.07) is 0.363. The Bertz CT molecular complexity index is 197. The van der Waals surface area contributed by atoms with Crippen LogP contribution in [-0.4, -0.2) is 41.7 Å². The molecular formula is C11H22N2O2. The van der Waals surface area contributed by atoms with E-state index in [1.807, 2.05) is 4.90 Å². The lowest BCUT2D eigenvalue weighted by Crippen LogP contribution is -2.35. The second-order valence-corrected chi connectivity index (χ2v) is 4.14. The van der Waals surface area contributed by atoms with E-state index in [0.29, 0.717) is 19.0 Å². The standard InChI is InChI=1S/C11H22N2O2/c12-7-1-6-11(15)13-8-2-4-10(13)5-3-9-14/h10,14H,1-9,12H2. The van der Waals surface area contributed by atoms with Crippen LogP contribution in [-0.2, 0) is 4.79 Å². The first-order valence-corrected chi connectivity index (χ1v) is 5.90. The summed E-state index contributed by atoms with van der Waals surface area (Å²) in [4.78, 5) is 13.8. The molecule has 88 valence electrons. The van der Waals surface area contributed by atoms with Crippen LogP contribution in [0.3, 0.4) is 0 Å². The molecule has 0 radical (unpaired) electrons. The van der Waals surface area contributed by atoms with Gasteiger partial charge in [0.05, 0.1) is 0 Å². The van der Waals surface area contributed by atoms with E-state index >= 15 is 0 Å². The fourth-order valence-corrected chi connectivity index (χ4v) is 2.19. The zero-order chi connectivity index (χ0) is 11.1. The smallest absolute Gasteiger partial charge is 0.222 e. The van der Waals surface area contributed by atoms with Gasteiger partial charge in [-0.15, -0.1) is 0 Å². The van der Waals surface area contributed by atoms with Crippen molar-refractivity contribution in [3.63, 3.8) is 0 Å². The fourth-order valence-electron chi connectivity index (χ4n) is 2.19. The molecule has 0 aromatic rings. The van der Waals surface area contributed by atoms with Crippen molar-refractivity contribution >= 4 is 5.91 Å². The topological polar surface area (TPSA) is 66.6 Å². The molecule has 4 nitrogen and oxygen atoms in total. The number of nitrogens with two attached hydrogens (primary N) is 1. The Morgan fingerprint density at radius 2 is 2.27 bits per heavy atom. The van der Waals surface area contributed by atoms with Crippen LogP contribution in [0.2, 0.25) is 0 Å². The molecule has 1 heterocycles. The van der Waals surface area contributed by atoms with Crippen molar-refractivity contribution in [1.29, 1.82) is 0 Å². The molecule has 1 atom stereocenters. The third-order valence-corrected chi connectivity index (χ3v) is 2.99. The van der Waals surface area contributed by atoms with Crippen molar-refractivity contribution in [2.45, 2.75) is 44.6 Å². The Morgan fingerprint density at radius 1 is 1.47 bits per heavy atom. The number of carbonyl (C=O) groups excluding carboxylic acids is 1. The van der Waals surface area contributed by atoms with Crippen LogP contribution in [0.5, 0.6) is 0 Å². The molecule has 1 amide bonds. The minimum Gasteiger partial charge on any atom is -0.396 e. The highest BCUT2D eigenvalue weighted by atomic mass is 16.3. The predicted octanol–water partition coefficient (Wildman–Crippen LogP) is 0.489. The number of aliphatic hydroxyl groups excluding tert-OH is 1. The van der Waals surface area contributed by atoms with E-state index in [2.05, 4.69) is 0 Å². The lowest BCUT2D eigenvalue weighted by atomic mass is 10.1. The molecule has 1 aliphatic rings. The number of amides is 1. The second-order valence-electron chi connectivity index (χ2n) is 4.14. The van der Waals surface area contributed by atoms with E-state index in [9.17, 15) is 4.79 Å². The van der Waals surface area contributed by atoms with Crippen LogP contribution >= 0.6 is 0 Å². The highest BCUT2D eigenvalue weighted by molar-refractivity contribution is 5.76. The summed E-state index contributed by atoms with van der Waals surface area (Å²) in [5, 5.41) is 8.77. The summed E-state index contributed by atoms with van der Waals surface area (Å²) < 4.78 is 0. The average Bonchev–Trinajstić information content (AvgIpc) is 2.71. The quantitative estimate of drug-likeness (QED) is 0.676. The Balaban J connectivity index is 2.34. The minimum atomic E-state index is 0.224. The first-order chi connectivity index (χ1) is 7.29. The number of likely N-dealkylation sites (tertiary alicyclic amines) is 1. The second kappa shape index (κ2) is 6.80. The number of hydrogen-bond donors (Lipinski definition) is 2. The minimum absolute atomic E-state index is 0.224. The van der Waals surface area contributed by atoms with Crippen molar-refractivity contribution in [3.05, 3.63) is 0 Å². The van der Waals surface area contributed by atoms with E-state index in [4.69, 9.17) is 10.8 Å². The van der Waals surface area contributed by atoms with E-state index < -0.39 is 0 Å². The van der Waals surface area contributed by atoms with Crippen molar-refractivity contribution in [1.82, 2.24) is 4.90 Å². The normalized spacial score (nSPS) is 20.9. The van der Waals surface area contributed by atoms with Gasteiger partial charge in [-0.05, 0) is 38.6 Å². The van der Waals surface area contributed by atoms with Gasteiger partial charge >= 0.3 is 0 Å². The monoisotopic (exact) mass is 214 g/mol. The van der Waals surface area contributed by atoms with Gasteiger partial charge in [0, 0.05) is 25.6 Å². The molecule has 1 unspecified atom stereocenters. The summed E-state index contributed by atoms with van der Waals surface area (Å²) >= 11 is 0. The maximum absolute atomic E-state index is 11.8. The van der Waals surface area contributed by atoms with Gasteiger partial charge < -0.3 is 15.7 Å². The Kier molecular flexibility index (Phi) is 5.65. The lowest BCUT2D eigenvalue weighted by molar-refractivity contribution is -0.132. The van der Waals surface area contributed by atoms with Gasteiger partial charge in [-0.25, -0.2) is 0 Å². The van der Waals surface area contributed by atoms with Gasteiger partial charge in [0.25, 0.3) is 0 Å². The molecule has 4 heteroatoms. The van der Waals surface area contributed by atoms with Crippen molar-refractivity contribution in [2.24, 2.45) is 5.73 Å². The number of rotatable bonds is 6. The van der Waals surface area contributed by atoms with E-state index in [1.54, 1.807) is 0 Å². The molecule has 1 rings (SSSR count). The molecular weight excluding hydrogens is 192 g/mol. The number of nitrogens with zero attached hydrogens (tertiary/aromatic N) is 1. The van der Waals surface area contributed by atoms with Gasteiger partial charge in [-0.3, -0.25) is 4.79 Å². The molecule has 0 bridgehead atoms. The molecule has 0 aliphatic carbocycles. The molecule has 1 aliphatic heterocycles. The van der Waals surface area contributed by atoms with Crippen molar-refractivity contribution < 1.29 is 9.90 Å². The van der Waals surface area contributed by atoms with Crippen LogP contribution < -0.4 is 5.73 Å². The lowest BCUT2D eigenvalue weighted by Gasteiger charge is -2.24. The van der Waals surface area contributed by atoms with Crippen LogP contribution in [0, 0.1) is 0 Å². The van der Waals surface area contributed by atoms with Gasteiger partial charge in [0.1, 0.15) is 0 Å². The van der Waals surface area contributed by atoms with E-state index in [1.165, 1.54) is 0 Å². The first-order valence-electron chi connectivity index (χ1n) is 5.90. The van der Waals surface area contributed by atoms with Crippen LogP contribution in [0.15, 0.2) is 0 Å². The van der Waals surface area contributed by atoms with Crippen LogP contribution in [0.25, 0.3) is 0 Å².